The van der Waals surface area contributed by atoms with E-state index in [1.807, 2.05) is 103 Å². The van der Waals surface area contributed by atoms with Gasteiger partial charge in [0.1, 0.15) is 5.82 Å². The Bertz CT molecular complexity index is 1370. The molecule has 0 fully saturated rings. The SMILES string of the molecule is C[C@@H](NC(=O)N(C)Cc1cn(-c2ccccc2)nc1-c1ccccc1)c1nc2ccccc2[nH]1. The first-order chi connectivity index (χ1) is 16.6. The minimum Gasteiger partial charge on any atom is -0.340 e. The molecule has 0 unspecified atom stereocenters. The normalized spacial score (nSPS) is 11.9. The molecule has 2 N–H and O–H groups in total. The summed E-state index contributed by atoms with van der Waals surface area (Å²) >= 11 is 0. The molecule has 0 aliphatic rings. The third-order valence-electron chi connectivity index (χ3n) is 5.77. The number of fused-ring (bicyclic) bond motifs is 1. The molecule has 0 saturated heterocycles. The molecule has 170 valence electrons. The first kappa shape index (κ1) is 21.5. The molecule has 7 heteroatoms. The Morgan fingerprint density at radius 3 is 2.41 bits per heavy atom. The Balaban J connectivity index is 1.36. The number of nitrogens with one attached hydrogen (secondary N) is 2. The largest absolute Gasteiger partial charge is 0.340 e. The highest BCUT2D eigenvalue weighted by Crippen LogP contribution is 2.25. The number of nitrogens with zero attached hydrogens (tertiary/aromatic N) is 4. The van der Waals surface area contributed by atoms with Crippen molar-refractivity contribution in [2.45, 2.75) is 19.5 Å². The van der Waals surface area contributed by atoms with Crippen LogP contribution in [-0.2, 0) is 6.54 Å². The fourth-order valence-electron chi connectivity index (χ4n) is 3.95. The number of aromatic nitrogens is 4. The van der Waals surface area contributed by atoms with Crippen LogP contribution in [0.3, 0.4) is 0 Å². The highest BCUT2D eigenvalue weighted by molar-refractivity contribution is 5.76. The van der Waals surface area contributed by atoms with Crippen molar-refractivity contribution in [1.29, 1.82) is 0 Å². The van der Waals surface area contributed by atoms with Gasteiger partial charge in [-0.25, -0.2) is 14.5 Å². The summed E-state index contributed by atoms with van der Waals surface area (Å²) in [5.74, 6) is 0.727. The van der Waals surface area contributed by atoms with E-state index in [4.69, 9.17) is 5.10 Å². The predicted octanol–water partition coefficient (Wildman–Crippen LogP) is 5.32. The van der Waals surface area contributed by atoms with E-state index in [2.05, 4.69) is 15.3 Å². The molecule has 0 radical (unpaired) electrons. The predicted molar refractivity (Wildman–Crippen MR) is 134 cm³/mol. The molecule has 0 aliphatic carbocycles. The van der Waals surface area contributed by atoms with Gasteiger partial charge in [0.05, 0.1) is 35.0 Å². The number of amides is 2. The number of carbonyl (C=O) groups excluding carboxylic acids is 1. The van der Waals surface area contributed by atoms with Crippen molar-refractivity contribution in [3.63, 3.8) is 0 Å². The topological polar surface area (TPSA) is 78.8 Å². The second-order valence-corrected chi connectivity index (χ2v) is 8.32. The Morgan fingerprint density at radius 1 is 1.00 bits per heavy atom. The number of H-pyrrole nitrogens is 1. The molecule has 34 heavy (non-hydrogen) atoms. The molecule has 2 aromatic heterocycles. The quantitative estimate of drug-likeness (QED) is 0.368. The molecule has 2 amide bonds. The average Bonchev–Trinajstić information content (AvgIpc) is 3.50. The fraction of sp³-hybridized carbons (Fsp3) is 0.148. The smallest absolute Gasteiger partial charge is 0.318 e. The van der Waals surface area contributed by atoms with E-state index < -0.39 is 0 Å². The molecule has 7 nitrogen and oxygen atoms in total. The lowest BCUT2D eigenvalue weighted by Crippen LogP contribution is -2.38. The van der Waals surface area contributed by atoms with E-state index in [0.717, 1.165) is 39.4 Å². The molecular weight excluding hydrogens is 424 g/mol. The van der Waals surface area contributed by atoms with Gasteiger partial charge in [0.25, 0.3) is 0 Å². The lowest BCUT2D eigenvalue weighted by molar-refractivity contribution is 0.203. The molecular formula is C27H26N6O. The summed E-state index contributed by atoms with van der Waals surface area (Å²) < 4.78 is 1.86. The highest BCUT2D eigenvalue weighted by Gasteiger charge is 2.19. The molecule has 0 spiro atoms. The van der Waals surface area contributed by atoms with Crippen molar-refractivity contribution in [2.24, 2.45) is 0 Å². The molecule has 3 aromatic carbocycles. The zero-order valence-electron chi connectivity index (χ0n) is 19.1. The van der Waals surface area contributed by atoms with Gasteiger partial charge in [-0.05, 0) is 31.2 Å². The zero-order valence-corrected chi connectivity index (χ0v) is 19.1. The lowest BCUT2D eigenvalue weighted by Gasteiger charge is -2.20. The molecule has 5 rings (SSSR count). The van der Waals surface area contributed by atoms with Gasteiger partial charge in [-0.2, -0.15) is 5.10 Å². The molecule has 0 aliphatic heterocycles. The lowest BCUT2D eigenvalue weighted by atomic mass is 10.1. The van der Waals surface area contributed by atoms with Gasteiger partial charge in [0, 0.05) is 24.4 Å². The standard InChI is InChI=1S/C27H26N6O/c1-19(26-29-23-15-9-10-16-24(23)30-26)28-27(34)32(2)17-21-18-33(22-13-7-4-8-14-22)31-25(21)20-11-5-3-6-12-20/h3-16,18-19H,17H2,1-2H3,(H,28,34)(H,29,30)/t19-/m1/s1. The van der Waals surface area contributed by atoms with Crippen LogP contribution in [0.2, 0.25) is 0 Å². The van der Waals surface area contributed by atoms with E-state index in [1.165, 1.54) is 0 Å². The zero-order chi connectivity index (χ0) is 23.5. The monoisotopic (exact) mass is 450 g/mol. The van der Waals surface area contributed by atoms with Crippen LogP contribution in [0, 0.1) is 0 Å². The fourth-order valence-corrected chi connectivity index (χ4v) is 3.95. The van der Waals surface area contributed by atoms with E-state index in [1.54, 1.807) is 11.9 Å². The summed E-state index contributed by atoms with van der Waals surface area (Å²) in [6.07, 6.45) is 1.99. The first-order valence-corrected chi connectivity index (χ1v) is 11.2. The summed E-state index contributed by atoms with van der Waals surface area (Å²) in [5, 5.41) is 7.88. The molecule has 5 aromatic rings. The number of hydrogen-bond donors (Lipinski definition) is 2. The van der Waals surface area contributed by atoms with E-state index in [-0.39, 0.29) is 12.1 Å². The van der Waals surface area contributed by atoms with Crippen molar-refractivity contribution in [3.8, 4) is 16.9 Å². The van der Waals surface area contributed by atoms with Crippen LogP contribution in [0.25, 0.3) is 28.0 Å². The minimum absolute atomic E-state index is 0.181. The van der Waals surface area contributed by atoms with Crippen LogP contribution in [0.4, 0.5) is 4.79 Å². The number of aromatic amines is 1. The maximum Gasteiger partial charge on any atom is 0.318 e. The average molecular weight is 451 g/mol. The van der Waals surface area contributed by atoms with E-state index in [9.17, 15) is 4.79 Å². The van der Waals surface area contributed by atoms with Crippen molar-refractivity contribution in [1.82, 2.24) is 30.0 Å². The second kappa shape index (κ2) is 9.23. The number of urea groups is 1. The molecule has 0 bridgehead atoms. The van der Waals surface area contributed by atoms with E-state index >= 15 is 0 Å². The minimum atomic E-state index is -0.261. The number of imidazole rings is 1. The highest BCUT2D eigenvalue weighted by atomic mass is 16.2. The third kappa shape index (κ3) is 4.41. The maximum atomic E-state index is 13.0. The van der Waals surface area contributed by atoms with Crippen molar-refractivity contribution < 1.29 is 4.79 Å². The Kier molecular flexibility index (Phi) is 5.82. The van der Waals surface area contributed by atoms with E-state index in [0.29, 0.717) is 6.54 Å². The van der Waals surface area contributed by atoms with Gasteiger partial charge in [0.15, 0.2) is 0 Å². The van der Waals surface area contributed by atoms with Crippen LogP contribution in [0.1, 0.15) is 24.4 Å². The van der Waals surface area contributed by atoms with Crippen LogP contribution >= 0.6 is 0 Å². The number of benzene rings is 3. The number of hydrogen-bond acceptors (Lipinski definition) is 3. The molecule has 1 atom stereocenters. The van der Waals surface area contributed by atoms with Gasteiger partial charge in [-0.3, -0.25) is 0 Å². The number of para-hydroxylation sites is 3. The Labute approximate surface area is 198 Å². The molecule has 0 saturated carbocycles. The summed E-state index contributed by atoms with van der Waals surface area (Å²) in [7, 11) is 1.79. The number of carbonyl (C=O) groups is 1. The van der Waals surface area contributed by atoms with Crippen molar-refractivity contribution >= 4 is 17.1 Å². The van der Waals surface area contributed by atoms with Crippen molar-refractivity contribution in [2.75, 3.05) is 7.05 Å². The van der Waals surface area contributed by atoms with Gasteiger partial charge in [-0.15, -0.1) is 0 Å². The van der Waals surface area contributed by atoms with Gasteiger partial charge in [-0.1, -0.05) is 60.7 Å². The second-order valence-electron chi connectivity index (χ2n) is 8.32. The summed E-state index contributed by atoms with van der Waals surface area (Å²) in [6, 6.07) is 27.4. The summed E-state index contributed by atoms with van der Waals surface area (Å²) in [6.45, 7) is 2.34. The van der Waals surface area contributed by atoms with Crippen LogP contribution < -0.4 is 5.32 Å². The number of rotatable bonds is 6. The molecule has 2 heterocycles. The Hall–Kier alpha value is -4.39. The maximum absolute atomic E-state index is 13.0. The van der Waals surface area contributed by atoms with Crippen LogP contribution in [0.5, 0.6) is 0 Å². The van der Waals surface area contributed by atoms with Crippen molar-refractivity contribution in [3.05, 3.63) is 103 Å². The van der Waals surface area contributed by atoms with Crippen LogP contribution in [0.15, 0.2) is 91.1 Å². The van der Waals surface area contributed by atoms with Gasteiger partial charge in [0.2, 0.25) is 0 Å². The summed E-state index contributed by atoms with van der Waals surface area (Å²) in [5.41, 5.74) is 5.63. The van der Waals surface area contributed by atoms with Gasteiger partial charge < -0.3 is 15.2 Å². The Morgan fingerprint density at radius 2 is 1.68 bits per heavy atom. The third-order valence-corrected chi connectivity index (χ3v) is 5.77. The van der Waals surface area contributed by atoms with Gasteiger partial charge >= 0.3 is 6.03 Å². The summed E-state index contributed by atoms with van der Waals surface area (Å²) in [4.78, 5) is 22.6. The first-order valence-electron chi connectivity index (χ1n) is 11.2. The van der Waals surface area contributed by atoms with Crippen LogP contribution in [-0.4, -0.2) is 37.7 Å².